The molecule has 2 aromatic carbocycles. The van der Waals surface area contributed by atoms with Gasteiger partial charge >= 0.3 is 5.97 Å². The van der Waals surface area contributed by atoms with Gasteiger partial charge in [0, 0.05) is 28.4 Å². The van der Waals surface area contributed by atoms with Crippen molar-refractivity contribution in [3.63, 3.8) is 0 Å². The average Bonchev–Trinajstić information content (AvgIpc) is 3.32. The van der Waals surface area contributed by atoms with Crippen LogP contribution in [-0.4, -0.2) is 44.3 Å². The Bertz CT molecular complexity index is 1410. The monoisotopic (exact) mass is 531 g/mol. The summed E-state index contributed by atoms with van der Waals surface area (Å²) in [5.74, 6) is -0.0246. The SMILES string of the molecule is CCOC(=O)CC1CCC(NC(=O)c2cc(Cl)cc3cnn(Cc4cnc(-c5ccccc5)cn4)c23)CC1. The van der Waals surface area contributed by atoms with Crippen LogP contribution < -0.4 is 5.32 Å². The molecule has 0 bridgehead atoms. The van der Waals surface area contributed by atoms with Crippen LogP contribution in [0.2, 0.25) is 5.02 Å². The van der Waals surface area contributed by atoms with E-state index in [0.717, 1.165) is 48.0 Å². The lowest BCUT2D eigenvalue weighted by Crippen LogP contribution is -2.38. The van der Waals surface area contributed by atoms with Gasteiger partial charge in [-0.2, -0.15) is 5.10 Å². The standard InChI is InChI=1S/C29H30ClN5O3/c1-2-38-27(36)12-19-8-10-23(11-9-19)34-29(37)25-14-22(30)13-21-15-33-35(28(21)25)18-24-16-32-26(17-31-24)20-6-4-3-5-7-20/h3-7,13-17,19,23H,2,8-12,18H2,1H3,(H,34,37). The van der Waals surface area contributed by atoms with Crippen LogP contribution in [0.15, 0.2) is 61.1 Å². The van der Waals surface area contributed by atoms with E-state index in [1.54, 1.807) is 29.3 Å². The number of hydrogen-bond donors (Lipinski definition) is 1. The van der Waals surface area contributed by atoms with Gasteiger partial charge in [-0.05, 0) is 50.7 Å². The van der Waals surface area contributed by atoms with E-state index in [4.69, 9.17) is 16.3 Å². The van der Waals surface area contributed by atoms with Crippen LogP contribution in [0.5, 0.6) is 0 Å². The highest BCUT2D eigenvalue weighted by Crippen LogP contribution is 2.29. The van der Waals surface area contributed by atoms with Crippen LogP contribution in [0.25, 0.3) is 22.2 Å². The minimum Gasteiger partial charge on any atom is -0.466 e. The van der Waals surface area contributed by atoms with Crippen molar-refractivity contribution in [2.24, 2.45) is 5.92 Å². The Balaban J connectivity index is 1.29. The van der Waals surface area contributed by atoms with Crippen molar-refractivity contribution < 1.29 is 14.3 Å². The number of aromatic nitrogens is 4. The third kappa shape index (κ3) is 6.02. The summed E-state index contributed by atoms with van der Waals surface area (Å²) in [5.41, 5.74) is 3.71. The molecule has 38 heavy (non-hydrogen) atoms. The minimum atomic E-state index is -0.182. The number of fused-ring (bicyclic) bond motifs is 1. The van der Waals surface area contributed by atoms with Gasteiger partial charge in [-0.15, -0.1) is 0 Å². The highest BCUT2D eigenvalue weighted by Gasteiger charge is 2.26. The second-order valence-electron chi connectivity index (χ2n) is 9.65. The molecule has 1 N–H and O–H groups in total. The van der Waals surface area contributed by atoms with E-state index in [1.807, 2.05) is 43.3 Å². The van der Waals surface area contributed by atoms with E-state index in [-0.39, 0.29) is 17.9 Å². The minimum absolute atomic E-state index is 0.0442. The van der Waals surface area contributed by atoms with Gasteiger partial charge in [0.2, 0.25) is 0 Å². The molecular formula is C29H30ClN5O3. The predicted octanol–water partition coefficient (Wildman–Crippen LogP) is 5.44. The van der Waals surface area contributed by atoms with Gasteiger partial charge < -0.3 is 10.1 Å². The molecule has 0 spiro atoms. The average molecular weight is 532 g/mol. The molecule has 1 fully saturated rings. The Morgan fingerprint density at radius 3 is 2.55 bits per heavy atom. The number of ether oxygens (including phenoxy) is 1. The second kappa shape index (κ2) is 11.7. The van der Waals surface area contributed by atoms with Crippen molar-refractivity contribution in [1.82, 2.24) is 25.1 Å². The summed E-state index contributed by atoms with van der Waals surface area (Å²) >= 11 is 6.37. The van der Waals surface area contributed by atoms with Gasteiger partial charge in [0.05, 0.1) is 54.2 Å². The normalized spacial score (nSPS) is 17.3. The number of carbonyl (C=O) groups excluding carboxylic acids is 2. The summed E-state index contributed by atoms with van der Waals surface area (Å²) in [4.78, 5) is 34.4. The summed E-state index contributed by atoms with van der Waals surface area (Å²) < 4.78 is 6.85. The summed E-state index contributed by atoms with van der Waals surface area (Å²) in [6, 6.07) is 13.4. The summed E-state index contributed by atoms with van der Waals surface area (Å²) in [5, 5.41) is 8.96. The fraction of sp³-hybridized carbons (Fsp3) is 0.345. The first kappa shape index (κ1) is 25.9. The zero-order valence-corrected chi connectivity index (χ0v) is 22.0. The van der Waals surface area contributed by atoms with E-state index in [2.05, 4.69) is 20.4 Å². The van der Waals surface area contributed by atoms with E-state index >= 15 is 0 Å². The van der Waals surface area contributed by atoms with Crippen molar-refractivity contribution in [2.45, 2.75) is 51.6 Å². The third-order valence-corrected chi connectivity index (χ3v) is 7.19. The molecule has 0 aliphatic heterocycles. The third-order valence-electron chi connectivity index (χ3n) is 6.97. The Morgan fingerprint density at radius 1 is 1.05 bits per heavy atom. The number of benzene rings is 2. The fourth-order valence-electron chi connectivity index (χ4n) is 5.07. The number of hydrogen-bond acceptors (Lipinski definition) is 6. The van der Waals surface area contributed by atoms with Gasteiger partial charge in [0.1, 0.15) is 0 Å². The quantitative estimate of drug-likeness (QED) is 0.304. The molecule has 0 radical (unpaired) electrons. The van der Waals surface area contributed by atoms with Crippen LogP contribution in [0.4, 0.5) is 0 Å². The summed E-state index contributed by atoms with van der Waals surface area (Å²) in [7, 11) is 0. The van der Waals surface area contributed by atoms with Gasteiger partial charge in [-0.1, -0.05) is 41.9 Å². The Morgan fingerprint density at radius 2 is 1.84 bits per heavy atom. The van der Waals surface area contributed by atoms with Gasteiger partial charge in [0.25, 0.3) is 5.91 Å². The lowest BCUT2D eigenvalue weighted by molar-refractivity contribution is -0.144. The number of carbonyl (C=O) groups is 2. The number of esters is 1. The van der Waals surface area contributed by atoms with Crippen molar-refractivity contribution in [3.8, 4) is 11.3 Å². The van der Waals surface area contributed by atoms with Gasteiger partial charge in [0.15, 0.2) is 0 Å². The fourth-order valence-corrected chi connectivity index (χ4v) is 5.29. The first-order valence-corrected chi connectivity index (χ1v) is 13.4. The second-order valence-corrected chi connectivity index (χ2v) is 10.1. The maximum Gasteiger partial charge on any atom is 0.306 e. The number of nitrogens with one attached hydrogen (secondary N) is 1. The van der Waals surface area contributed by atoms with Crippen LogP contribution in [0.1, 0.15) is 55.1 Å². The Kier molecular flexibility index (Phi) is 7.98. The largest absolute Gasteiger partial charge is 0.466 e. The number of amides is 1. The van der Waals surface area contributed by atoms with Crippen molar-refractivity contribution in [3.05, 3.63) is 77.3 Å². The molecule has 5 rings (SSSR count). The van der Waals surface area contributed by atoms with Crippen molar-refractivity contribution in [2.75, 3.05) is 6.61 Å². The summed E-state index contributed by atoms with van der Waals surface area (Å²) in [6.45, 7) is 2.59. The molecule has 1 amide bonds. The maximum absolute atomic E-state index is 13.4. The highest BCUT2D eigenvalue weighted by molar-refractivity contribution is 6.32. The molecule has 1 aliphatic rings. The van der Waals surface area contributed by atoms with E-state index < -0.39 is 0 Å². The molecule has 0 unspecified atom stereocenters. The number of nitrogens with zero attached hydrogens (tertiary/aromatic N) is 4. The zero-order chi connectivity index (χ0) is 26.5. The molecule has 1 saturated carbocycles. The zero-order valence-electron chi connectivity index (χ0n) is 21.3. The lowest BCUT2D eigenvalue weighted by Gasteiger charge is -2.28. The lowest BCUT2D eigenvalue weighted by atomic mass is 9.84. The Hall–Kier alpha value is -3.78. The summed E-state index contributed by atoms with van der Waals surface area (Å²) in [6.07, 6.45) is 9.04. The molecule has 0 atom stereocenters. The molecule has 4 aromatic rings. The Labute approximate surface area is 226 Å². The van der Waals surface area contributed by atoms with Crippen molar-refractivity contribution >= 4 is 34.4 Å². The molecular weight excluding hydrogens is 502 g/mol. The van der Waals surface area contributed by atoms with Gasteiger partial charge in [-0.25, -0.2) is 0 Å². The predicted molar refractivity (Wildman–Crippen MR) is 146 cm³/mol. The highest BCUT2D eigenvalue weighted by atomic mass is 35.5. The number of halogens is 1. The van der Waals surface area contributed by atoms with Gasteiger partial charge in [-0.3, -0.25) is 24.2 Å². The topological polar surface area (TPSA) is 99.0 Å². The van der Waals surface area contributed by atoms with Crippen LogP contribution in [0.3, 0.4) is 0 Å². The maximum atomic E-state index is 13.4. The van der Waals surface area contributed by atoms with E-state index in [1.165, 1.54) is 0 Å². The smallest absolute Gasteiger partial charge is 0.306 e. The molecule has 2 heterocycles. The van der Waals surface area contributed by atoms with Crippen LogP contribution in [-0.2, 0) is 16.1 Å². The first-order chi connectivity index (χ1) is 18.5. The van der Waals surface area contributed by atoms with Crippen molar-refractivity contribution in [1.29, 1.82) is 0 Å². The molecule has 2 aromatic heterocycles. The molecule has 8 nitrogen and oxygen atoms in total. The van der Waals surface area contributed by atoms with Crippen LogP contribution in [0, 0.1) is 5.92 Å². The number of rotatable bonds is 8. The molecule has 0 saturated heterocycles. The molecule has 9 heteroatoms. The molecule has 196 valence electrons. The van der Waals surface area contributed by atoms with E-state index in [0.29, 0.717) is 41.6 Å². The van der Waals surface area contributed by atoms with E-state index in [9.17, 15) is 9.59 Å². The molecule has 1 aliphatic carbocycles. The first-order valence-electron chi connectivity index (χ1n) is 13.0. The van der Waals surface area contributed by atoms with Crippen LogP contribution >= 0.6 is 11.6 Å².